The Morgan fingerprint density at radius 2 is 1.87 bits per heavy atom. The van der Waals surface area contributed by atoms with Gasteiger partial charge in [-0.3, -0.25) is 0 Å². The average Bonchev–Trinajstić information content (AvgIpc) is 3.23. The van der Waals surface area contributed by atoms with Gasteiger partial charge < -0.3 is 25.3 Å². The minimum atomic E-state index is -1.12. The van der Waals surface area contributed by atoms with Crippen LogP contribution >= 0.6 is 0 Å². The van der Waals surface area contributed by atoms with Crippen LogP contribution in [-0.2, 0) is 9.53 Å². The summed E-state index contributed by atoms with van der Waals surface area (Å²) in [6.45, 7) is 2.48. The lowest BCUT2D eigenvalue weighted by atomic mass is 9.41. The van der Waals surface area contributed by atoms with E-state index in [-0.39, 0.29) is 35.6 Å². The number of carbonyl (C=O) groups excluding carboxylic acids is 1. The number of fused-ring (bicyclic) bond motifs is 5. The molecule has 7 heteroatoms. The Morgan fingerprint density at radius 1 is 1.10 bits per heavy atom. The lowest BCUT2D eigenvalue weighted by molar-refractivity contribution is -0.237. The summed E-state index contributed by atoms with van der Waals surface area (Å²) in [4.78, 5) is 11.7. The Balaban J connectivity index is 1.53. The number of aliphatic hydroxyl groups is 3. The maximum Gasteiger partial charge on any atom is 0.331 e. The van der Waals surface area contributed by atoms with E-state index in [9.17, 15) is 25.3 Å². The van der Waals surface area contributed by atoms with Crippen LogP contribution in [0.3, 0.4) is 0 Å². The summed E-state index contributed by atoms with van der Waals surface area (Å²) in [5, 5.41) is 47.0. The predicted molar refractivity (Wildman–Crippen MR) is 108 cm³/mol. The number of cyclic esters (lactones) is 1. The zero-order chi connectivity index (χ0) is 21.4. The van der Waals surface area contributed by atoms with Crippen LogP contribution < -0.4 is 0 Å². The molecule has 0 radical (unpaired) electrons. The van der Waals surface area contributed by atoms with E-state index in [1.54, 1.807) is 6.08 Å². The van der Waals surface area contributed by atoms with Gasteiger partial charge in [0.25, 0.3) is 0 Å². The van der Waals surface area contributed by atoms with Gasteiger partial charge in [0.15, 0.2) is 0 Å². The van der Waals surface area contributed by atoms with Crippen molar-refractivity contribution in [1.82, 2.24) is 0 Å². The maximum atomic E-state index is 12.2. The molecule has 4 saturated carbocycles. The molecule has 4 fully saturated rings. The normalized spacial score (nSPS) is 53.1. The van der Waals surface area contributed by atoms with Gasteiger partial charge >= 0.3 is 5.97 Å². The summed E-state index contributed by atoms with van der Waals surface area (Å²) in [6, 6.07) is 0. The molecule has 5 rings (SSSR count). The third-order valence-electron chi connectivity index (χ3n) is 9.93. The smallest absolute Gasteiger partial charge is 0.331 e. The second-order valence-electron chi connectivity index (χ2n) is 10.8. The third-order valence-corrected chi connectivity index (χ3v) is 9.93. The van der Waals surface area contributed by atoms with Crippen molar-refractivity contribution in [2.24, 2.45) is 33.7 Å². The molecule has 7 nitrogen and oxygen atoms in total. The topological polar surface area (TPSA) is 120 Å². The number of carbonyl (C=O) groups is 1. The molecule has 0 bridgehead atoms. The van der Waals surface area contributed by atoms with Crippen molar-refractivity contribution in [2.45, 2.75) is 82.0 Å². The zero-order valence-corrected chi connectivity index (χ0v) is 17.6. The number of hydrogen-bond donors (Lipinski definition) is 4. The standard InChI is InChI=1S/C23H33NO6/c1-20-6-3-17-18(23(20,28)9-5-16(20)14-10-19(26)30-12-14)4-8-22(27)11-15(25)2-7-21(17,22)13-24-29/h10,13,15-18,25,27-29H,2-9,11-12H2,1H3/b24-13-/t15-,16-,17+,18-,20-,21+,22+,23-/m1/s1. The lowest BCUT2D eigenvalue weighted by Gasteiger charge is -2.65. The highest BCUT2D eigenvalue weighted by Gasteiger charge is 2.71. The van der Waals surface area contributed by atoms with Crippen LogP contribution in [0, 0.1) is 28.6 Å². The SMILES string of the molecule is C[C@]12CC[C@H]3[C@@H](CC[C@]4(O)C[C@H](O)CC[C@]34/C=N\O)[C@]1(O)CC[C@@H]2C1=CC(=O)OC1. The molecule has 0 unspecified atom stereocenters. The highest BCUT2D eigenvalue weighted by Crippen LogP contribution is 2.70. The Kier molecular flexibility index (Phi) is 4.45. The summed E-state index contributed by atoms with van der Waals surface area (Å²) in [5.41, 5.74) is -2.11. The highest BCUT2D eigenvalue weighted by atomic mass is 16.5. The first-order valence-electron chi connectivity index (χ1n) is 11.4. The number of rotatable bonds is 2. The Labute approximate surface area is 176 Å². The molecule has 5 aliphatic rings. The monoisotopic (exact) mass is 419 g/mol. The second kappa shape index (κ2) is 6.53. The van der Waals surface area contributed by atoms with Crippen LogP contribution in [0.15, 0.2) is 16.8 Å². The van der Waals surface area contributed by atoms with Crippen molar-refractivity contribution in [3.05, 3.63) is 11.6 Å². The minimum absolute atomic E-state index is 0.00749. The molecule has 0 saturated heterocycles. The maximum absolute atomic E-state index is 12.2. The lowest BCUT2D eigenvalue weighted by Crippen LogP contribution is -2.68. The third kappa shape index (κ3) is 2.43. The molecule has 0 aromatic carbocycles. The fraction of sp³-hybridized carbons (Fsp3) is 0.826. The second-order valence-corrected chi connectivity index (χ2v) is 10.8. The molecule has 1 heterocycles. The fourth-order valence-electron chi connectivity index (χ4n) is 8.46. The van der Waals surface area contributed by atoms with Gasteiger partial charge in [0.1, 0.15) is 6.61 Å². The van der Waals surface area contributed by atoms with Gasteiger partial charge in [-0.15, -0.1) is 5.16 Å². The van der Waals surface area contributed by atoms with Gasteiger partial charge in [0.2, 0.25) is 0 Å². The number of esters is 1. The zero-order valence-electron chi connectivity index (χ0n) is 17.6. The Bertz CT molecular complexity index is 812. The van der Waals surface area contributed by atoms with E-state index in [4.69, 9.17) is 4.74 Å². The molecule has 0 aromatic heterocycles. The number of nitrogens with zero attached hydrogens (tertiary/aromatic N) is 1. The van der Waals surface area contributed by atoms with Gasteiger partial charge in [0, 0.05) is 23.3 Å². The van der Waals surface area contributed by atoms with Gasteiger partial charge in [-0.1, -0.05) is 6.92 Å². The first-order valence-corrected chi connectivity index (χ1v) is 11.4. The van der Waals surface area contributed by atoms with Crippen LogP contribution in [0.25, 0.3) is 0 Å². The van der Waals surface area contributed by atoms with Crippen molar-refractivity contribution in [2.75, 3.05) is 6.61 Å². The Morgan fingerprint density at radius 3 is 2.57 bits per heavy atom. The van der Waals surface area contributed by atoms with E-state index in [0.717, 1.165) is 24.8 Å². The van der Waals surface area contributed by atoms with Crippen molar-refractivity contribution in [3.63, 3.8) is 0 Å². The van der Waals surface area contributed by atoms with Crippen molar-refractivity contribution >= 4 is 12.2 Å². The molecule has 1 aliphatic heterocycles. The number of ether oxygens (including phenoxy) is 1. The first kappa shape index (κ1) is 20.5. The molecule has 0 aromatic rings. The van der Waals surface area contributed by atoms with E-state index in [1.807, 2.05) is 0 Å². The number of oxime groups is 1. The molecule has 8 atom stereocenters. The van der Waals surface area contributed by atoms with Crippen LogP contribution in [-0.4, -0.2) is 56.6 Å². The van der Waals surface area contributed by atoms with Gasteiger partial charge in [-0.25, -0.2) is 4.79 Å². The van der Waals surface area contributed by atoms with Gasteiger partial charge in [0.05, 0.1) is 23.5 Å². The van der Waals surface area contributed by atoms with Crippen LogP contribution in [0.1, 0.15) is 64.7 Å². The molecule has 166 valence electrons. The number of aliphatic hydroxyl groups excluding tert-OH is 1. The van der Waals surface area contributed by atoms with E-state index in [0.29, 0.717) is 38.7 Å². The van der Waals surface area contributed by atoms with E-state index < -0.39 is 22.7 Å². The number of hydrogen-bond acceptors (Lipinski definition) is 7. The summed E-state index contributed by atoms with van der Waals surface area (Å²) >= 11 is 0. The largest absolute Gasteiger partial charge is 0.458 e. The summed E-state index contributed by atoms with van der Waals surface area (Å²) in [6.07, 6.45) is 8.20. The molecule has 0 spiro atoms. The fourth-order valence-corrected chi connectivity index (χ4v) is 8.46. The van der Waals surface area contributed by atoms with E-state index >= 15 is 0 Å². The van der Waals surface area contributed by atoms with E-state index in [1.165, 1.54) is 6.21 Å². The molecule has 4 N–H and O–H groups in total. The molecule has 30 heavy (non-hydrogen) atoms. The summed E-state index contributed by atoms with van der Waals surface area (Å²) < 4.78 is 5.17. The molecule has 4 aliphatic carbocycles. The van der Waals surface area contributed by atoms with Crippen molar-refractivity contribution in [1.29, 1.82) is 0 Å². The van der Waals surface area contributed by atoms with Crippen LogP contribution in [0.2, 0.25) is 0 Å². The average molecular weight is 420 g/mol. The van der Waals surface area contributed by atoms with Crippen molar-refractivity contribution < 1.29 is 30.1 Å². The minimum Gasteiger partial charge on any atom is -0.458 e. The van der Waals surface area contributed by atoms with Crippen molar-refractivity contribution in [3.8, 4) is 0 Å². The Hall–Kier alpha value is -1.44. The molecular weight excluding hydrogens is 386 g/mol. The first-order chi connectivity index (χ1) is 14.2. The quantitative estimate of drug-likeness (QED) is 0.236. The van der Waals surface area contributed by atoms with Gasteiger partial charge in [-0.05, 0) is 74.7 Å². The van der Waals surface area contributed by atoms with Gasteiger partial charge in [-0.2, -0.15) is 0 Å². The molecule has 0 amide bonds. The van der Waals surface area contributed by atoms with Crippen LogP contribution in [0.4, 0.5) is 0 Å². The summed E-state index contributed by atoms with van der Waals surface area (Å²) in [5.74, 6) is -0.203. The highest BCUT2D eigenvalue weighted by molar-refractivity contribution is 5.85. The van der Waals surface area contributed by atoms with E-state index in [2.05, 4.69) is 12.1 Å². The molecular formula is C23H33NO6. The van der Waals surface area contributed by atoms with Crippen LogP contribution in [0.5, 0.6) is 0 Å². The predicted octanol–water partition coefficient (Wildman–Crippen LogP) is 2.16. The summed E-state index contributed by atoms with van der Waals surface area (Å²) in [7, 11) is 0.